The molecular weight excluding hydrogens is 503 g/mol. The fourth-order valence-electron chi connectivity index (χ4n) is 5.16. The summed E-state index contributed by atoms with van der Waals surface area (Å²) < 4.78 is 38.1. The number of halogens is 4. The molecule has 9 heteroatoms. The Morgan fingerprint density at radius 3 is 2.35 bits per heavy atom. The highest BCUT2D eigenvalue weighted by molar-refractivity contribution is 6.31. The zero-order chi connectivity index (χ0) is 26.2. The maximum absolute atomic E-state index is 12.7. The van der Waals surface area contributed by atoms with E-state index in [-0.39, 0.29) is 11.8 Å². The highest BCUT2D eigenvalue weighted by Crippen LogP contribution is 2.36. The van der Waals surface area contributed by atoms with Gasteiger partial charge in [0.05, 0.1) is 18.2 Å². The number of benzene rings is 2. The molecular formula is C28H27ClF3N3O2. The molecule has 2 aromatic carbocycles. The van der Waals surface area contributed by atoms with Crippen molar-refractivity contribution in [2.24, 2.45) is 5.92 Å². The molecule has 0 unspecified atom stereocenters. The summed E-state index contributed by atoms with van der Waals surface area (Å²) in [5.41, 5.74) is 4.71. The average Bonchev–Trinajstić information content (AvgIpc) is 2.83. The predicted octanol–water partition coefficient (Wildman–Crippen LogP) is 6.33. The van der Waals surface area contributed by atoms with Gasteiger partial charge in [0.25, 0.3) is 0 Å². The molecule has 0 atom stereocenters. The van der Waals surface area contributed by atoms with E-state index in [0.29, 0.717) is 44.0 Å². The van der Waals surface area contributed by atoms with Gasteiger partial charge in [0.2, 0.25) is 0 Å². The second-order valence-electron chi connectivity index (χ2n) is 9.80. The molecule has 5 nitrogen and oxygen atoms in total. The van der Waals surface area contributed by atoms with E-state index in [0.717, 1.165) is 33.8 Å². The lowest BCUT2D eigenvalue weighted by Gasteiger charge is -2.37. The highest BCUT2D eigenvalue weighted by Gasteiger charge is 2.34. The Morgan fingerprint density at radius 2 is 1.70 bits per heavy atom. The minimum Gasteiger partial charge on any atom is -0.481 e. The smallest absolute Gasteiger partial charge is 0.401 e. The van der Waals surface area contributed by atoms with Crippen molar-refractivity contribution < 1.29 is 23.1 Å². The lowest BCUT2D eigenvalue weighted by atomic mass is 9.88. The monoisotopic (exact) mass is 529 g/mol. The number of aliphatic carboxylic acids is 1. The quantitative estimate of drug-likeness (QED) is 0.404. The number of pyridine rings is 1. The van der Waals surface area contributed by atoms with Crippen LogP contribution in [0.5, 0.6) is 0 Å². The SMILES string of the molecule is O=C(O)C1CN(c2cccc(-c3cc(Cl)ccc3-c3ccc(C4CCN(CC(F)(F)F)CC4)cc3)n2)C1. The van der Waals surface area contributed by atoms with Crippen LogP contribution in [0.3, 0.4) is 0 Å². The number of alkyl halides is 3. The van der Waals surface area contributed by atoms with Gasteiger partial charge in [-0.05, 0) is 72.8 Å². The van der Waals surface area contributed by atoms with E-state index in [1.165, 1.54) is 4.90 Å². The molecule has 3 heterocycles. The summed E-state index contributed by atoms with van der Waals surface area (Å²) in [7, 11) is 0. The Morgan fingerprint density at radius 1 is 1.00 bits per heavy atom. The molecule has 0 aliphatic carbocycles. The molecule has 3 aromatic rings. The minimum atomic E-state index is -4.16. The fourth-order valence-corrected chi connectivity index (χ4v) is 5.34. The first-order valence-corrected chi connectivity index (χ1v) is 12.7. The molecule has 2 aliphatic heterocycles. The van der Waals surface area contributed by atoms with Crippen molar-refractivity contribution in [1.82, 2.24) is 9.88 Å². The predicted molar refractivity (Wildman–Crippen MR) is 138 cm³/mol. The number of carbonyl (C=O) groups is 1. The molecule has 0 saturated carbocycles. The normalized spacial score (nSPS) is 17.6. The molecule has 5 rings (SSSR count). The summed E-state index contributed by atoms with van der Waals surface area (Å²) in [5.74, 6) is -0.191. The molecule has 0 spiro atoms. The number of hydrogen-bond acceptors (Lipinski definition) is 4. The van der Waals surface area contributed by atoms with E-state index in [4.69, 9.17) is 16.6 Å². The zero-order valence-electron chi connectivity index (χ0n) is 20.1. The van der Waals surface area contributed by atoms with E-state index in [1.807, 2.05) is 53.4 Å². The van der Waals surface area contributed by atoms with Crippen LogP contribution in [0.1, 0.15) is 24.3 Å². The van der Waals surface area contributed by atoms with Gasteiger partial charge in [-0.1, -0.05) is 48.0 Å². The van der Waals surface area contributed by atoms with E-state index in [2.05, 4.69) is 12.1 Å². The fraction of sp³-hybridized carbons (Fsp3) is 0.357. The maximum atomic E-state index is 12.7. The zero-order valence-corrected chi connectivity index (χ0v) is 20.8. The van der Waals surface area contributed by atoms with Gasteiger partial charge >= 0.3 is 12.1 Å². The molecule has 37 heavy (non-hydrogen) atoms. The van der Waals surface area contributed by atoms with Crippen LogP contribution >= 0.6 is 11.6 Å². The van der Waals surface area contributed by atoms with Crippen LogP contribution in [0.15, 0.2) is 60.7 Å². The summed E-state index contributed by atoms with van der Waals surface area (Å²) in [4.78, 5) is 19.4. The molecule has 0 bridgehead atoms. The first-order valence-electron chi connectivity index (χ1n) is 12.3. The van der Waals surface area contributed by atoms with Gasteiger partial charge in [-0.25, -0.2) is 4.98 Å². The van der Waals surface area contributed by atoms with Crippen LogP contribution < -0.4 is 4.90 Å². The van der Waals surface area contributed by atoms with Gasteiger partial charge in [-0.3, -0.25) is 9.69 Å². The third-order valence-corrected chi connectivity index (χ3v) is 7.47. The first kappa shape index (κ1) is 25.5. The van der Waals surface area contributed by atoms with Gasteiger partial charge < -0.3 is 10.0 Å². The largest absolute Gasteiger partial charge is 0.481 e. The number of nitrogens with zero attached hydrogens (tertiary/aromatic N) is 3. The van der Waals surface area contributed by atoms with Crippen LogP contribution in [-0.4, -0.2) is 59.9 Å². The summed E-state index contributed by atoms with van der Waals surface area (Å²) in [6.07, 6.45) is -2.75. The lowest BCUT2D eigenvalue weighted by molar-refractivity contribution is -0.148. The Bertz CT molecular complexity index is 1270. The van der Waals surface area contributed by atoms with Crippen LogP contribution in [0.4, 0.5) is 19.0 Å². The number of anilines is 1. The van der Waals surface area contributed by atoms with Crippen LogP contribution in [0.25, 0.3) is 22.4 Å². The molecule has 0 radical (unpaired) electrons. The second kappa shape index (κ2) is 10.3. The van der Waals surface area contributed by atoms with E-state index >= 15 is 0 Å². The number of carboxylic acid groups (broad SMARTS) is 1. The number of carboxylic acids is 1. The second-order valence-corrected chi connectivity index (χ2v) is 10.2. The Balaban J connectivity index is 1.34. The Labute approximate surface area is 218 Å². The van der Waals surface area contributed by atoms with Crippen molar-refractivity contribution in [2.45, 2.75) is 24.9 Å². The molecule has 2 aliphatic rings. The van der Waals surface area contributed by atoms with Crippen molar-refractivity contribution in [3.05, 3.63) is 71.2 Å². The van der Waals surface area contributed by atoms with Gasteiger partial charge in [-0.2, -0.15) is 13.2 Å². The lowest BCUT2D eigenvalue weighted by Crippen LogP contribution is -2.50. The molecule has 2 fully saturated rings. The molecule has 1 N–H and O–H groups in total. The highest BCUT2D eigenvalue weighted by atomic mass is 35.5. The topological polar surface area (TPSA) is 56.7 Å². The number of aromatic nitrogens is 1. The van der Waals surface area contributed by atoms with Crippen LogP contribution in [0.2, 0.25) is 5.02 Å². The van der Waals surface area contributed by atoms with Gasteiger partial charge in [-0.15, -0.1) is 0 Å². The van der Waals surface area contributed by atoms with E-state index in [9.17, 15) is 23.1 Å². The van der Waals surface area contributed by atoms with Crippen molar-refractivity contribution in [3.8, 4) is 22.4 Å². The van der Waals surface area contributed by atoms with Crippen LogP contribution in [-0.2, 0) is 4.79 Å². The number of likely N-dealkylation sites (tertiary alicyclic amines) is 1. The van der Waals surface area contributed by atoms with E-state index < -0.39 is 18.7 Å². The average molecular weight is 530 g/mol. The molecule has 1 aromatic heterocycles. The van der Waals surface area contributed by atoms with E-state index in [1.54, 1.807) is 0 Å². The first-order chi connectivity index (χ1) is 17.7. The summed E-state index contributed by atoms with van der Waals surface area (Å²) in [6, 6.07) is 19.6. The molecule has 194 valence electrons. The third kappa shape index (κ3) is 5.91. The number of piperidine rings is 1. The maximum Gasteiger partial charge on any atom is 0.401 e. The summed E-state index contributed by atoms with van der Waals surface area (Å²) in [5, 5.41) is 9.76. The summed E-state index contributed by atoms with van der Waals surface area (Å²) in [6.45, 7) is 0.916. The van der Waals surface area contributed by atoms with Gasteiger partial charge in [0, 0.05) is 23.7 Å². The van der Waals surface area contributed by atoms with Crippen molar-refractivity contribution in [2.75, 3.05) is 37.6 Å². The molecule has 2 saturated heterocycles. The Hall–Kier alpha value is -3.10. The molecule has 0 amide bonds. The van der Waals surface area contributed by atoms with Gasteiger partial charge in [0.15, 0.2) is 0 Å². The van der Waals surface area contributed by atoms with Crippen molar-refractivity contribution in [1.29, 1.82) is 0 Å². The summed E-state index contributed by atoms with van der Waals surface area (Å²) >= 11 is 6.35. The number of hydrogen-bond donors (Lipinski definition) is 1. The standard InChI is InChI=1S/C28H27ClF3N3O2/c29-22-8-9-23(24(14-22)25-2-1-3-26(33-25)35-15-21(16-35)27(36)37)20-6-4-18(5-7-20)19-10-12-34(13-11-19)17-28(30,31)32/h1-9,14,19,21H,10-13,15-17H2,(H,36,37). The van der Waals surface area contributed by atoms with Crippen molar-refractivity contribution in [3.63, 3.8) is 0 Å². The van der Waals surface area contributed by atoms with Crippen LogP contribution in [0, 0.1) is 5.92 Å². The van der Waals surface area contributed by atoms with Gasteiger partial charge in [0.1, 0.15) is 5.82 Å². The number of rotatable bonds is 6. The minimum absolute atomic E-state index is 0.243. The van der Waals surface area contributed by atoms with Crippen molar-refractivity contribution >= 4 is 23.4 Å². The Kier molecular flexibility index (Phi) is 7.14. The third-order valence-electron chi connectivity index (χ3n) is 7.23.